The van der Waals surface area contributed by atoms with Crippen molar-refractivity contribution >= 4 is 80.3 Å². The molecule has 0 N–H and O–H groups in total. The van der Waals surface area contributed by atoms with Crippen LogP contribution in [0.2, 0.25) is 0 Å². The minimum atomic E-state index is -0.192. The lowest BCUT2D eigenvalue weighted by Gasteiger charge is -2.43. The molecule has 73 heavy (non-hydrogen) atoms. The fourth-order valence-corrected chi connectivity index (χ4v) is 11.9. The highest BCUT2D eigenvalue weighted by atomic mass is 16.5. The summed E-state index contributed by atoms with van der Waals surface area (Å²) in [6.07, 6.45) is 0. The molecule has 0 bridgehead atoms. The molecule has 4 heterocycles. The first-order valence-corrected chi connectivity index (χ1v) is 25.0. The first kappa shape index (κ1) is 41.3. The third-order valence-corrected chi connectivity index (χ3v) is 15.0. The van der Waals surface area contributed by atoms with Gasteiger partial charge in [0, 0.05) is 51.5 Å². The quantitative estimate of drug-likeness (QED) is 0.149. The van der Waals surface area contributed by atoms with Crippen LogP contribution in [-0.4, -0.2) is 13.4 Å². The Hall–Kier alpha value is -9.45. The van der Waals surface area contributed by atoms with Crippen molar-refractivity contribution in [2.75, 3.05) is 9.80 Å². The summed E-state index contributed by atoms with van der Waals surface area (Å²) in [6.45, 7) is -0.342. The van der Waals surface area contributed by atoms with E-state index in [4.69, 9.17) is 14.2 Å². The van der Waals surface area contributed by atoms with E-state index in [0.717, 1.165) is 129 Å². The Morgan fingerprint density at radius 3 is 1.32 bits per heavy atom. The van der Waals surface area contributed by atoms with E-state index in [9.17, 15) is 0 Å². The smallest absolute Gasteiger partial charge is 0.260 e. The van der Waals surface area contributed by atoms with Gasteiger partial charge in [0.2, 0.25) is 0 Å². The number of hydrogen-bond donors (Lipinski definition) is 0. The van der Waals surface area contributed by atoms with Gasteiger partial charge >= 0.3 is 0 Å². The summed E-state index contributed by atoms with van der Waals surface area (Å²) in [7, 11) is 0. The Bertz CT molecular complexity index is 3870. The van der Waals surface area contributed by atoms with Gasteiger partial charge in [-0.25, -0.2) is 0 Å². The molecular formula is C66H42B2N2O3. The maximum atomic E-state index is 7.38. The molecule has 340 valence electrons. The number of rotatable bonds is 7. The molecule has 0 atom stereocenters. The van der Waals surface area contributed by atoms with Crippen molar-refractivity contribution in [3.8, 4) is 67.9 Å². The van der Waals surface area contributed by atoms with Crippen molar-refractivity contribution in [2.24, 2.45) is 0 Å². The Kier molecular flexibility index (Phi) is 9.39. The van der Waals surface area contributed by atoms with E-state index in [1.54, 1.807) is 0 Å². The summed E-state index contributed by atoms with van der Waals surface area (Å²) >= 11 is 0. The van der Waals surface area contributed by atoms with Crippen LogP contribution < -0.4 is 56.8 Å². The van der Waals surface area contributed by atoms with Crippen LogP contribution in [0.3, 0.4) is 0 Å². The van der Waals surface area contributed by atoms with Crippen molar-refractivity contribution in [3.63, 3.8) is 0 Å². The van der Waals surface area contributed by atoms with E-state index < -0.39 is 0 Å². The van der Waals surface area contributed by atoms with Crippen LogP contribution in [0.4, 0.5) is 34.1 Å². The molecule has 4 aliphatic rings. The highest BCUT2D eigenvalue weighted by Gasteiger charge is 2.47. The van der Waals surface area contributed by atoms with Crippen LogP contribution in [0.1, 0.15) is 0 Å². The van der Waals surface area contributed by atoms with E-state index in [-0.39, 0.29) is 13.4 Å². The SMILES string of the molecule is c1ccc(-c2cc3c4c(c2)Oc2cc5c(cc2B4c2ccccc2O3)B2c3ccccc3Oc3cc(N(c4ccccc4)c4ccccc4)cc(c32)N5c2c(-c3ccccc3)cccc2-c2ccccc2)cc1. The van der Waals surface area contributed by atoms with Gasteiger partial charge in [-0.3, -0.25) is 0 Å². The average Bonchev–Trinajstić information content (AvgIpc) is 3.48. The maximum absolute atomic E-state index is 7.38. The molecule has 0 spiro atoms. The molecule has 0 amide bonds. The molecule has 0 saturated carbocycles. The van der Waals surface area contributed by atoms with Gasteiger partial charge in [-0.15, -0.1) is 0 Å². The number of fused-ring (bicyclic) bond motifs is 8. The Balaban J connectivity index is 1.06. The predicted octanol–water partition coefficient (Wildman–Crippen LogP) is 13.3. The second-order valence-corrected chi connectivity index (χ2v) is 19.1. The summed E-state index contributed by atoms with van der Waals surface area (Å²) in [5.41, 5.74) is 19.4. The summed E-state index contributed by atoms with van der Waals surface area (Å²) in [6, 6.07) is 90.9. The van der Waals surface area contributed by atoms with Crippen molar-refractivity contribution in [2.45, 2.75) is 0 Å². The van der Waals surface area contributed by atoms with Crippen molar-refractivity contribution < 1.29 is 14.2 Å². The van der Waals surface area contributed by atoms with Gasteiger partial charge in [-0.1, -0.05) is 188 Å². The lowest BCUT2D eigenvalue weighted by Crippen LogP contribution is -2.62. The largest absolute Gasteiger partial charge is 0.458 e. The van der Waals surface area contributed by atoms with Crippen molar-refractivity contribution in [1.29, 1.82) is 0 Å². The van der Waals surface area contributed by atoms with Gasteiger partial charge in [-0.05, 0) is 104 Å². The van der Waals surface area contributed by atoms with E-state index in [1.165, 1.54) is 5.46 Å². The number of para-hydroxylation sites is 5. The first-order valence-electron chi connectivity index (χ1n) is 25.0. The molecular weight excluding hydrogens is 890 g/mol. The zero-order chi connectivity index (χ0) is 48.0. The van der Waals surface area contributed by atoms with Gasteiger partial charge in [0.1, 0.15) is 34.5 Å². The van der Waals surface area contributed by atoms with E-state index in [0.29, 0.717) is 0 Å². The molecule has 4 aliphatic heterocycles. The second-order valence-electron chi connectivity index (χ2n) is 19.1. The number of nitrogens with zero attached hydrogens (tertiary/aromatic N) is 2. The summed E-state index contributed by atoms with van der Waals surface area (Å²) in [5.74, 6) is 4.92. The van der Waals surface area contributed by atoms with Crippen molar-refractivity contribution in [3.05, 3.63) is 255 Å². The van der Waals surface area contributed by atoms with Crippen LogP contribution in [-0.2, 0) is 0 Å². The first-order chi connectivity index (χ1) is 36.2. The van der Waals surface area contributed by atoms with Crippen LogP contribution in [0.15, 0.2) is 255 Å². The van der Waals surface area contributed by atoms with Crippen LogP contribution in [0.5, 0.6) is 34.5 Å². The van der Waals surface area contributed by atoms with Crippen LogP contribution in [0.25, 0.3) is 33.4 Å². The zero-order valence-electron chi connectivity index (χ0n) is 39.5. The monoisotopic (exact) mass is 932 g/mol. The number of hydrogen-bond acceptors (Lipinski definition) is 5. The third kappa shape index (κ3) is 6.59. The molecule has 0 aromatic heterocycles. The number of anilines is 6. The molecule has 0 aliphatic carbocycles. The lowest BCUT2D eigenvalue weighted by atomic mass is 9.31. The molecule has 0 radical (unpaired) electrons. The Morgan fingerprint density at radius 1 is 0.288 bits per heavy atom. The number of ether oxygens (including phenoxy) is 3. The summed E-state index contributed by atoms with van der Waals surface area (Å²) in [4.78, 5) is 4.86. The summed E-state index contributed by atoms with van der Waals surface area (Å²) in [5, 5.41) is 0. The Labute approximate surface area is 424 Å². The van der Waals surface area contributed by atoms with Gasteiger partial charge in [0.25, 0.3) is 13.4 Å². The Morgan fingerprint density at radius 2 is 0.753 bits per heavy atom. The maximum Gasteiger partial charge on any atom is 0.260 e. The minimum Gasteiger partial charge on any atom is -0.458 e. The molecule has 7 heteroatoms. The van der Waals surface area contributed by atoms with Gasteiger partial charge in [-0.2, -0.15) is 0 Å². The van der Waals surface area contributed by atoms with E-state index in [1.807, 2.05) is 0 Å². The normalized spacial score (nSPS) is 12.9. The van der Waals surface area contributed by atoms with Gasteiger partial charge < -0.3 is 24.0 Å². The van der Waals surface area contributed by atoms with Gasteiger partial charge in [0.05, 0.1) is 11.4 Å². The summed E-state index contributed by atoms with van der Waals surface area (Å²) < 4.78 is 21.5. The lowest BCUT2D eigenvalue weighted by molar-refractivity contribution is 0.465. The van der Waals surface area contributed by atoms with Crippen LogP contribution in [0, 0.1) is 0 Å². The molecule has 15 rings (SSSR count). The topological polar surface area (TPSA) is 34.2 Å². The molecule has 5 nitrogen and oxygen atoms in total. The highest BCUT2D eigenvalue weighted by molar-refractivity contribution is 7.01. The number of benzene rings is 11. The average molecular weight is 933 g/mol. The fraction of sp³-hybridized carbons (Fsp3) is 0. The second kappa shape index (κ2) is 16.6. The third-order valence-electron chi connectivity index (χ3n) is 15.0. The minimum absolute atomic E-state index is 0.151. The van der Waals surface area contributed by atoms with Crippen LogP contribution >= 0.6 is 0 Å². The predicted molar refractivity (Wildman–Crippen MR) is 301 cm³/mol. The van der Waals surface area contributed by atoms with E-state index in [2.05, 4.69) is 265 Å². The molecule has 0 fully saturated rings. The standard InChI is InChI=1S/C66H42B2N2O3/c1-6-21-43(22-7-1)46-37-61-65-62(38-46)73-60-42-56-54(41-55(60)68(65)53-34-17-19-36-59(53)71-61)67-52-33-16-18-35-58(52)72-63-40-49(69(47-27-12-4-13-28-47)48-29-14-5-15-30-48)39-57(64(63)67)70(56)66-50(44-23-8-2-9-24-44)31-20-32-51(66)45-25-10-3-11-26-45/h1-42H. The van der Waals surface area contributed by atoms with Crippen molar-refractivity contribution in [1.82, 2.24) is 0 Å². The molecule has 0 saturated heterocycles. The van der Waals surface area contributed by atoms with Gasteiger partial charge in [0.15, 0.2) is 0 Å². The molecule has 11 aromatic carbocycles. The zero-order valence-corrected chi connectivity index (χ0v) is 39.5. The fourth-order valence-electron chi connectivity index (χ4n) is 11.9. The molecule has 11 aromatic rings. The highest BCUT2D eigenvalue weighted by Crippen LogP contribution is 2.52. The molecule has 0 unspecified atom stereocenters. The van der Waals surface area contributed by atoms with E-state index >= 15 is 0 Å².